The van der Waals surface area contributed by atoms with Crippen molar-refractivity contribution >= 4 is 5.96 Å². The molecule has 0 aliphatic carbocycles. The van der Waals surface area contributed by atoms with Crippen LogP contribution in [-0.2, 0) is 17.8 Å². The predicted octanol–water partition coefficient (Wildman–Crippen LogP) is 3.78. The number of aryl methyl sites for hydroxylation is 1. The molecular weight excluding hydrogens is 322 g/mol. The molecule has 0 saturated heterocycles. The molecule has 0 atom stereocenters. The summed E-state index contributed by atoms with van der Waals surface area (Å²) in [6, 6.07) is 20.9. The molecule has 2 N–H and O–H groups in total. The molecule has 0 spiro atoms. The lowest BCUT2D eigenvalue weighted by Gasteiger charge is -2.12. The maximum Gasteiger partial charge on any atom is 0.190 e. The zero-order valence-electron chi connectivity index (χ0n) is 15.8. The van der Waals surface area contributed by atoms with Crippen molar-refractivity contribution in [1.29, 1.82) is 0 Å². The minimum atomic E-state index is 0.693. The normalized spacial score (nSPS) is 11.3. The van der Waals surface area contributed by atoms with E-state index < -0.39 is 0 Å². The fraction of sp³-hybridized carbons (Fsp3) is 0.409. The Morgan fingerprint density at radius 1 is 0.808 bits per heavy atom. The SMILES string of the molecule is CN=C(NCCCCOCc1ccccc1)NCCCc1ccccc1. The van der Waals surface area contributed by atoms with Gasteiger partial charge in [-0.05, 0) is 36.8 Å². The molecule has 0 aliphatic heterocycles. The van der Waals surface area contributed by atoms with Crippen LogP contribution < -0.4 is 10.6 Å². The summed E-state index contributed by atoms with van der Waals surface area (Å²) in [5.74, 6) is 0.878. The van der Waals surface area contributed by atoms with Crippen LogP contribution in [0.4, 0.5) is 0 Å². The minimum Gasteiger partial charge on any atom is -0.377 e. The second-order valence-electron chi connectivity index (χ2n) is 6.26. The van der Waals surface area contributed by atoms with Gasteiger partial charge in [0, 0.05) is 26.7 Å². The summed E-state index contributed by atoms with van der Waals surface area (Å²) in [4.78, 5) is 4.27. The third kappa shape index (κ3) is 8.67. The molecule has 0 radical (unpaired) electrons. The fourth-order valence-corrected chi connectivity index (χ4v) is 2.66. The number of nitrogens with zero attached hydrogens (tertiary/aromatic N) is 1. The van der Waals surface area contributed by atoms with Crippen LogP contribution in [0.1, 0.15) is 30.4 Å². The number of hydrogen-bond acceptors (Lipinski definition) is 2. The molecule has 2 rings (SSSR count). The van der Waals surface area contributed by atoms with Crippen LogP contribution in [0, 0.1) is 0 Å². The smallest absolute Gasteiger partial charge is 0.190 e. The van der Waals surface area contributed by atoms with E-state index in [1.165, 1.54) is 11.1 Å². The van der Waals surface area contributed by atoms with Crippen LogP contribution in [0.3, 0.4) is 0 Å². The molecule has 0 aliphatic rings. The van der Waals surface area contributed by atoms with Crippen LogP contribution in [0.25, 0.3) is 0 Å². The van der Waals surface area contributed by atoms with Gasteiger partial charge in [-0.1, -0.05) is 60.7 Å². The largest absolute Gasteiger partial charge is 0.377 e. The van der Waals surface area contributed by atoms with Crippen LogP contribution in [0.2, 0.25) is 0 Å². The van der Waals surface area contributed by atoms with E-state index in [4.69, 9.17) is 4.74 Å². The Kier molecular flexibility index (Phi) is 9.96. The van der Waals surface area contributed by atoms with Gasteiger partial charge in [0.05, 0.1) is 6.61 Å². The first-order chi connectivity index (χ1) is 12.9. The summed E-state index contributed by atoms with van der Waals surface area (Å²) in [6.45, 7) is 3.32. The number of unbranched alkanes of at least 4 members (excludes halogenated alkanes) is 1. The van der Waals surface area contributed by atoms with Crippen molar-refractivity contribution in [2.45, 2.75) is 32.3 Å². The van der Waals surface area contributed by atoms with Gasteiger partial charge in [-0.25, -0.2) is 0 Å². The van der Waals surface area contributed by atoms with E-state index in [-0.39, 0.29) is 0 Å². The highest BCUT2D eigenvalue weighted by Gasteiger charge is 1.98. The van der Waals surface area contributed by atoms with E-state index in [2.05, 4.69) is 58.1 Å². The lowest BCUT2D eigenvalue weighted by atomic mass is 10.1. The average molecular weight is 354 g/mol. The van der Waals surface area contributed by atoms with Crippen molar-refractivity contribution in [1.82, 2.24) is 10.6 Å². The number of rotatable bonds is 11. The molecule has 4 nitrogen and oxygen atoms in total. The number of ether oxygens (including phenoxy) is 1. The third-order valence-corrected chi connectivity index (χ3v) is 4.12. The third-order valence-electron chi connectivity index (χ3n) is 4.12. The number of nitrogens with one attached hydrogen (secondary N) is 2. The number of guanidine groups is 1. The van der Waals surface area contributed by atoms with E-state index in [1.54, 1.807) is 0 Å². The first-order valence-corrected chi connectivity index (χ1v) is 9.48. The molecule has 0 aromatic heterocycles. The van der Waals surface area contributed by atoms with E-state index in [0.717, 1.165) is 51.3 Å². The molecule has 0 saturated carbocycles. The van der Waals surface area contributed by atoms with Gasteiger partial charge in [0.2, 0.25) is 0 Å². The fourth-order valence-electron chi connectivity index (χ4n) is 2.66. The maximum absolute atomic E-state index is 5.70. The monoisotopic (exact) mass is 353 g/mol. The molecule has 0 fully saturated rings. The lowest BCUT2D eigenvalue weighted by molar-refractivity contribution is 0.117. The van der Waals surface area contributed by atoms with E-state index >= 15 is 0 Å². The molecule has 26 heavy (non-hydrogen) atoms. The van der Waals surface area contributed by atoms with Crippen molar-refractivity contribution in [2.75, 3.05) is 26.7 Å². The Hall–Kier alpha value is -2.33. The minimum absolute atomic E-state index is 0.693. The van der Waals surface area contributed by atoms with Crippen LogP contribution in [0.15, 0.2) is 65.7 Å². The summed E-state index contributed by atoms with van der Waals surface area (Å²) < 4.78 is 5.70. The number of hydrogen-bond donors (Lipinski definition) is 2. The second kappa shape index (κ2) is 13.0. The summed E-state index contributed by atoms with van der Waals surface area (Å²) in [5.41, 5.74) is 2.61. The van der Waals surface area contributed by atoms with Crippen molar-refractivity contribution in [3.05, 3.63) is 71.8 Å². The van der Waals surface area contributed by atoms with E-state index in [9.17, 15) is 0 Å². The highest BCUT2D eigenvalue weighted by atomic mass is 16.5. The molecule has 0 heterocycles. The molecule has 0 bridgehead atoms. The number of aliphatic imine (C=N–C) groups is 1. The summed E-state index contributed by atoms with van der Waals surface area (Å²) in [5, 5.41) is 6.73. The van der Waals surface area contributed by atoms with E-state index in [0.29, 0.717) is 6.61 Å². The van der Waals surface area contributed by atoms with Gasteiger partial charge in [-0.15, -0.1) is 0 Å². The topological polar surface area (TPSA) is 45.7 Å². The summed E-state index contributed by atoms with van der Waals surface area (Å²) >= 11 is 0. The summed E-state index contributed by atoms with van der Waals surface area (Å²) in [6.07, 6.45) is 4.30. The molecule has 2 aromatic rings. The second-order valence-corrected chi connectivity index (χ2v) is 6.26. The van der Waals surface area contributed by atoms with Gasteiger partial charge in [-0.2, -0.15) is 0 Å². The lowest BCUT2D eigenvalue weighted by Crippen LogP contribution is -2.38. The molecule has 0 unspecified atom stereocenters. The van der Waals surface area contributed by atoms with Gasteiger partial charge in [0.1, 0.15) is 0 Å². The Bertz CT molecular complexity index is 614. The van der Waals surface area contributed by atoms with E-state index in [1.807, 2.05) is 25.2 Å². The zero-order valence-corrected chi connectivity index (χ0v) is 15.8. The highest BCUT2D eigenvalue weighted by Crippen LogP contribution is 2.02. The van der Waals surface area contributed by atoms with Crippen LogP contribution in [-0.4, -0.2) is 32.7 Å². The molecule has 0 amide bonds. The average Bonchev–Trinajstić information content (AvgIpc) is 2.70. The first kappa shape index (κ1) is 20.0. The zero-order chi connectivity index (χ0) is 18.3. The van der Waals surface area contributed by atoms with Crippen molar-refractivity contribution in [3.8, 4) is 0 Å². The Morgan fingerprint density at radius 3 is 2.08 bits per heavy atom. The Morgan fingerprint density at radius 2 is 1.42 bits per heavy atom. The Balaban J connectivity index is 1.45. The molecule has 2 aromatic carbocycles. The van der Waals surface area contributed by atoms with Gasteiger partial charge in [0.15, 0.2) is 5.96 Å². The van der Waals surface area contributed by atoms with Gasteiger partial charge in [0.25, 0.3) is 0 Å². The highest BCUT2D eigenvalue weighted by molar-refractivity contribution is 5.79. The van der Waals surface area contributed by atoms with Crippen molar-refractivity contribution < 1.29 is 4.74 Å². The van der Waals surface area contributed by atoms with Crippen molar-refractivity contribution in [2.24, 2.45) is 4.99 Å². The van der Waals surface area contributed by atoms with Gasteiger partial charge < -0.3 is 15.4 Å². The predicted molar refractivity (Wildman–Crippen MR) is 109 cm³/mol. The standard InChI is InChI=1S/C22H31N3O/c1-23-22(25-17-10-15-20-11-4-2-5-12-20)24-16-8-9-18-26-19-21-13-6-3-7-14-21/h2-7,11-14H,8-10,15-19H2,1H3,(H2,23,24,25). The van der Waals surface area contributed by atoms with Gasteiger partial charge >= 0.3 is 0 Å². The quantitative estimate of drug-likeness (QED) is 0.367. The molecule has 140 valence electrons. The summed E-state index contributed by atoms with van der Waals surface area (Å²) in [7, 11) is 1.81. The Labute approximate surface area is 157 Å². The van der Waals surface area contributed by atoms with Crippen LogP contribution in [0.5, 0.6) is 0 Å². The molecular formula is C22H31N3O. The maximum atomic E-state index is 5.70. The van der Waals surface area contributed by atoms with Crippen molar-refractivity contribution in [3.63, 3.8) is 0 Å². The first-order valence-electron chi connectivity index (χ1n) is 9.48. The van der Waals surface area contributed by atoms with Crippen LogP contribution >= 0.6 is 0 Å². The number of benzene rings is 2. The molecule has 4 heteroatoms. The van der Waals surface area contributed by atoms with Gasteiger partial charge in [-0.3, -0.25) is 4.99 Å².